The van der Waals surface area contributed by atoms with Crippen molar-refractivity contribution in [2.24, 2.45) is 0 Å². The van der Waals surface area contributed by atoms with Crippen LogP contribution in [0.25, 0.3) is 0 Å². The highest BCUT2D eigenvalue weighted by atomic mass is 79.9. The van der Waals surface area contributed by atoms with E-state index in [0.717, 1.165) is 23.2 Å². The van der Waals surface area contributed by atoms with Gasteiger partial charge in [-0.1, -0.05) is 41.1 Å². The minimum absolute atomic E-state index is 0.178. The van der Waals surface area contributed by atoms with Gasteiger partial charge in [-0.15, -0.1) is 0 Å². The van der Waals surface area contributed by atoms with Crippen LogP contribution in [-0.4, -0.2) is 13.2 Å². The van der Waals surface area contributed by atoms with E-state index in [9.17, 15) is 4.39 Å². The van der Waals surface area contributed by atoms with Gasteiger partial charge in [0, 0.05) is 10.0 Å². The van der Waals surface area contributed by atoms with Crippen LogP contribution in [0.1, 0.15) is 24.9 Å². The topological polar surface area (TPSA) is 21.3 Å². The zero-order valence-corrected chi connectivity index (χ0v) is 13.6. The molecule has 2 nitrogen and oxygen atoms in total. The first-order valence-electron chi connectivity index (χ1n) is 7.07. The summed E-state index contributed by atoms with van der Waals surface area (Å²) < 4.78 is 20.7. The standard InChI is InChI=1S/C17H19BrFNO/c1-2-10-20-17(12-21-14-6-4-3-5-7-14)15-11-13(18)8-9-16(15)19/h3-9,11,17,20H,2,10,12H2,1H3. The molecule has 2 aromatic carbocycles. The SMILES string of the molecule is CCCNC(COc1ccccc1)c1cc(Br)ccc1F. The molecule has 112 valence electrons. The molecule has 0 aliphatic heterocycles. The summed E-state index contributed by atoms with van der Waals surface area (Å²) >= 11 is 3.39. The van der Waals surface area contributed by atoms with Crippen LogP contribution in [0.3, 0.4) is 0 Å². The molecule has 0 spiro atoms. The van der Waals surface area contributed by atoms with Crippen LogP contribution in [-0.2, 0) is 0 Å². The Balaban J connectivity index is 2.12. The van der Waals surface area contributed by atoms with E-state index in [1.54, 1.807) is 12.1 Å². The molecule has 0 aliphatic rings. The number of rotatable bonds is 7. The molecule has 1 N–H and O–H groups in total. The Kier molecular flexibility index (Phi) is 6.21. The highest BCUT2D eigenvalue weighted by Gasteiger charge is 2.16. The molecule has 0 aliphatic carbocycles. The Hall–Kier alpha value is -1.39. The van der Waals surface area contributed by atoms with E-state index in [1.165, 1.54) is 6.07 Å². The average Bonchev–Trinajstić information content (AvgIpc) is 2.51. The van der Waals surface area contributed by atoms with Crippen LogP contribution in [0.2, 0.25) is 0 Å². The van der Waals surface area contributed by atoms with Gasteiger partial charge in [0.1, 0.15) is 18.2 Å². The van der Waals surface area contributed by atoms with E-state index < -0.39 is 0 Å². The smallest absolute Gasteiger partial charge is 0.128 e. The fourth-order valence-electron chi connectivity index (χ4n) is 2.06. The second-order valence-corrected chi connectivity index (χ2v) is 5.71. The van der Waals surface area contributed by atoms with Crippen molar-refractivity contribution in [1.82, 2.24) is 5.32 Å². The average molecular weight is 352 g/mol. The minimum Gasteiger partial charge on any atom is -0.492 e. The Morgan fingerprint density at radius 2 is 1.95 bits per heavy atom. The second kappa shape index (κ2) is 8.15. The fraction of sp³-hybridized carbons (Fsp3) is 0.294. The molecule has 0 fully saturated rings. The number of nitrogens with one attached hydrogen (secondary N) is 1. The highest BCUT2D eigenvalue weighted by Crippen LogP contribution is 2.23. The molecule has 1 atom stereocenters. The summed E-state index contributed by atoms with van der Waals surface area (Å²) in [5, 5.41) is 3.34. The van der Waals surface area contributed by atoms with Gasteiger partial charge in [-0.05, 0) is 43.3 Å². The first-order valence-corrected chi connectivity index (χ1v) is 7.86. The molecule has 4 heteroatoms. The van der Waals surface area contributed by atoms with Crippen molar-refractivity contribution < 1.29 is 9.13 Å². The largest absolute Gasteiger partial charge is 0.492 e. The van der Waals surface area contributed by atoms with Crippen LogP contribution in [0, 0.1) is 5.82 Å². The quantitative estimate of drug-likeness (QED) is 0.779. The third kappa shape index (κ3) is 4.83. The predicted octanol–water partition coefficient (Wildman–Crippen LogP) is 4.71. The number of hydrogen-bond donors (Lipinski definition) is 1. The van der Waals surface area contributed by atoms with Crippen molar-refractivity contribution in [3.8, 4) is 5.75 Å². The maximum atomic E-state index is 14.1. The van der Waals surface area contributed by atoms with E-state index in [-0.39, 0.29) is 11.9 Å². The van der Waals surface area contributed by atoms with E-state index in [1.807, 2.05) is 30.3 Å². The number of hydrogen-bond acceptors (Lipinski definition) is 2. The van der Waals surface area contributed by atoms with E-state index >= 15 is 0 Å². The third-order valence-electron chi connectivity index (χ3n) is 3.13. The minimum atomic E-state index is -0.219. The van der Waals surface area contributed by atoms with Crippen LogP contribution in [0.15, 0.2) is 53.0 Å². The van der Waals surface area contributed by atoms with Gasteiger partial charge in [0.2, 0.25) is 0 Å². The van der Waals surface area contributed by atoms with Gasteiger partial charge in [-0.3, -0.25) is 0 Å². The summed E-state index contributed by atoms with van der Waals surface area (Å²) in [7, 11) is 0. The summed E-state index contributed by atoms with van der Waals surface area (Å²) in [5.74, 6) is 0.569. The predicted molar refractivity (Wildman–Crippen MR) is 87.1 cm³/mol. The Morgan fingerprint density at radius 3 is 2.67 bits per heavy atom. The second-order valence-electron chi connectivity index (χ2n) is 4.80. The third-order valence-corrected chi connectivity index (χ3v) is 3.63. The highest BCUT2D eigenvalue weighted by molar-refractivity contribution is 9.10. The van der Waals surface area contributed by atoms with Crippen molar-refractivity contribution in [2.45, 2.75) is 19.4 Å². The Morgan fingerprint density at radius 1 is 1.19 bits per heavy atom. The maximum Gasteiger partial charge on any atom is 0.128 e. The first kappa shape index (κ1) is 16.0. The van der Waals surface area contributed by atoms with Gasteiger partial charge in [-0.2, -0.15) is 0 Å². The molecule has 0 saturated carbocycles. The molecule has 1 unspecified atom stereocenters. The summed E-state index contributed by atoms with van der Waals surface area (Å²) in [6.07, 6.45) is 0.984. The summed E-state index contributed by atoms with van der Waals surface area (Å²) in [6, 6.07) is 14.4. The van der Waals surface area contributed by atoms with Crippen LogP contribution in [0.4, 0.5) is 4.39 Å². The summed E-state index contributed by atoms with van der Waals surface area (Å²) in [5.41, 5.74) is 0.619. The molecule has 2 aromatic rings. The first-order chi connectivity index (χ1) is 10.2. The maximum absolute atomic E-state index is 14.1. The van der Waals surface area contributed by atoms with Gasteiger partial charge >= 0.3 is 0 Å². The number of ether oxygens (including phenoxy) is 1. The molecular formula is C17H19BrFNO. The van der Waals surface area contributed by atoms with Crippen molar-refractivity contribution >= 4 is 15.9 Å². The molecule has 0 saturated heterocycles. The van der Waals surface area contributed by atoms with Gasteiger partial charge in [0.25, 0.3) is 0 Å². The van der Waals surface area contributed by atoms with E-state index in [2.05, 4.69) is 28.2 Å². The molecule has 0 heterocycles. The molecule has 0 aromatic heterocycles. The molecule has 21 heavy (non-hydrogen) atoms. The van der Waals surface area contributed by atoms with Crippen molar-refractivity contribution in [1.29, 1.82) is 0 Å². The van der Waals surface area contributed by atoms with Crippen LogP contribution in [0.5, 0.6) is 5.75 Å². The Bertz CT molecular complexity index is 562. The van der Waals surface area contributed by atoms with Crippen molar-refractivity contribution in [3.05, 3.63) is 64.4 Å². The van der Waals surface area contributed by atoms with Crippen LogP contribution < -0.4 is 10.1 Å². The Labute approximate surface area is 133 Å². The van der Waals surface area contributed by atoms with Gasteiger partial charge in [0.15, 0.2) is 0 Å². The number of benzene rings is 2. The molecule has 2 rings (SSSR count). The van der Waals surface area contributed by atoms with E-state index in [4.69, 9.17) is 4.74 Å². The van der Waals surface area contributed by atoms with Crippen LogP contribution >= 0.6 is 15.9 Å². The monoisotopic (exact) mass is 351 g/mol. The lowest BCUT2D eigenvalue weighted by Gasteiger charge is -2.20. The number of halogens is 2. The summed E-state index contributed by atoms with van der Waals surface area (Å²) in [6.45, 7) is 3.28. The van der Waals surface area contributed by atoms with Crippen molar-refractivity contribution in [2.75, 3.05) is 13.2 Å². The van der Waals surface area contributed by atoms with Gasteiger partial charge in [0.05, 0.1) is 6.04 Å². The molecule has 0 radical (unpaired) electrons. The van der Waals surface area contributed by atoms with Gasteiger partial charge in [-0.25, -0.2) is 4.39 Å². The fourth-order valence-corrected chi connectivity index (χ4v) is 2.43. The lowest BCUT2D eigenvalue weighted by molar-refractivity contribution is 0.263. The van der Waals surface area contributed by atoms with Gasteiger partial charge < -0.3 is 10.1 Å². The molecular weight excluding hydrogens is 333 g/mol. The van der Waals surface area contributed by atoms with Crippen molar-refractivity contribution in [3.63, 3.8) is 0 Å². The molecule has 0 amide bonds. The van der Waals surface area contributed by atoms with E-state index in [0.29, 0.717) is 12.2 Å². The lowest BCUT2D eigenvalue weighted by Crippen LogP contribution is -2.28. The normalized spacial score (nSPS) is 12.1. The summed E-state index contributed by atoms with van der Waals surface area (Å²) in [4.78, 5) is 0. The zero-order chi connectivity index (χ0) is 15.1. The zero-order valence-electron chi connectivity index (χ0n) is 12.0. The molecule has 0 bridgehead atoms. The number of para-hydroxylation sites is 1. The lowest BCUT2D eigenvalue weighted by atomic mass is 10.1.